The summed E-state index contributed by atoms with van der Waals surface area (Å²) >= 11 is 6.05. The summed E-state index contributed by atoms with van der Waals surface area (Å²) in [5, 5.41) is -0.677. The first-order valence-corrected chi connectivity index (χ1v) is 10.1. The summed E-state index contributed by atoms with van der Waals surface area (Å²) < 4.78 is 35.4. The van der Waals surface area contributed by atoms with E-state index < -0.39 is 19.8 Å². The van der Waals surface area contributed by atoms with Gasteiger partial charge in [-0.2, -0.15) is 0 Å². The minimum Gasteiger partial charge on any atom is -0.276 e. The van der Waals surface area contributed by atoms with Crippen LogP contribution in [-0.2, 0) is 36.9 Å². The molecular formula is C15H18ClO4S2+. The lowest BCUT2D eigenvalue weighted by atomic mass is 9.92. The summed E-state index contributed by atoms with van der Waals surface area (Å²) in [7, 11) is -3.56. The normalized spacial score (nSPS) is 17.4. The molecule has 1 aromatic carbocycles. The van der Waals surface area contributed by atoms with Gasteiger partial charge in [0.2, 0.25) is 0 Å². The van der Waals surface area contributed by atoms with Gasteiger partial charge in [-0.1, -0.05) is 6.92 Å². The summed E-state index contributed by atoms with van der Waals surface area (Å²) in [4.78, 5) is 11.6. The molecule has 0 radical (unpaired) electrons. The molecule has 22 heavy (non-hydrogen) atoms. The maximum atomic E-state index is 12.2. The second kappa shape index (κ2) is 6.34. The van der Waals surface area contributed by atoms with Crippen molar-refractivity contribution in [3.05, 3.63) is 28.8 Å². The van der Waals surface area contributed by atoms with Crippen molar-refractivity contribution in [1.29, 1.82) is 0 Å². The van der Waals surface area contributed by atoms with Crippen LogP contribution in [0.4, 0.5) is 0 Å². The Hall–Kier alpha value is -0.850. The summed E-state index contributed by atoms with van der Waals surface area (Å²) in [6.45, 7) is 1.87. The molecule has 0 saturated heterocycles. The van der Waals surface area contributed by atoms with E-state index >= 15 is 0 Å². The Bertz CT molecular complexity index is 719. The van der Waals surface area contributed by atoms with Gasteiger partial charge in [0.15, 0.2) is 9.84 Å². The predicted molar refractivity (Wildman–Crippen MR) is 87.3 cm³/mol. The molecule has 0 aliphatic heterocycles. The number of carbonyl (C=O) groups is 1. The third-order valence-corrected chi connectivity index (χ3v) is 6.55. The third kappa shape index (κ3) is 3.09. The molecule has 0 spiro atoms. The minimum absolute atomic E-state index is 0.0546. The van der Waals surface area contributed by atoms with Crippen molar-refractivity contribution in [2.24, 2.45) is 0 Å². The van der Waals surface area contributed by atoms with Crippen LogP contribution in [0.2, 0.25) is 0 Å². The number of rotatable bonds is 5. The van der Waals surface area contributed by atoms with E-state index in [0.717, 1.165) is 19.1 Å². The molecule has 2 rings (SSSR count). The van der Waals surface area contributed by atoms with E-state index in [-0.39, 0.29) is 10.5 Å². The Morgan fingerprint density at radius 1 is 1.32 bits per heavy atom. The zero-order valence-electron chi connectivity index (χ0n) is 12.5. The topological polar surface area (TPSA) is 68.3 Å². The van der Waals surface area contributed by atoms with E-state index in [4.69, 9.17) is 11.6 Å². The molecule has 1 fully saturated rings. The fourth-order valence-electron chi connectivity index (χ4n) is 3.11. The average molecular weight is 362 g/mol. The largest absolute Gasteiger partial charge is 0.470 e. The first kappa shape index (κ1) is 17.5. The molecule has 4 nitrogen and oxygen atoms in total. The van der Waals surface area contributed by atoms with Crippen LogP contribution in [0.3, 0.4) is 0 Å². The fourth-order valence-corrected chi connectivity index (χ4v) is 5.05. The molecule has 1 aromatic rings. The molecule has 0 heterocycles. The van der Waals surface area contributed by atoms with Crippen molar-refractivity contribution in [3.8, 4) is 0 Å². The second-order valence-corrected chi connectivity index (χ2v) is 8.97. The molecule has 7 heteroatoms. The fraction of sp³-hybridized carbons (Fsp3) is 0.533. The smallest absolute Gasteiger partial charge is 0.276 e. The lowest BCUT2D eigenvalue weighted by Gasteiger charge is -2.18. The third-order valence-electron chi connectivity index (χ3n) is 4.26. The summed E-state index contributed by atoms with van der Waals surface area (Å²) in [5.74, 6) is 0. The summed E-state index contributed by atoms with van der Waals surface area (Å²) in [5.41, 5.74) is 1.42. The molecule has 0 bridgehead atoms. The van der Waals surface area contributed by atoms with E-state index in [1.54, 1.807) is 6.07 Å². The van der Waals surface area contributed by atoms with Gasteiger partial charge in [-0.05, 0) is 48.6 Å². The van der Waals surface area contributed by atoms with E-state index in [1.807, 2.05) is 6.92 Å². The molecule has 0 atom stereocenters. The standard InChI is InChI=1S/C15H18ClO4S2/c1-3-10-8-12(15(21-18)6-4-5-7-15)13(22(2,19)20)9-11(10)14(16)17/h8-9H,3-7H2,1-2H3/q+1. The molecule has 0 N–H and O–H groups in total. The summed E-state index contributed by atoms with van der Waals surface area (Å²) in [6, 6.07) is 3.04. The van der Waals surface area contributed by atoms with E-state index in [2.05, 4.69) is 0 Å². The SMILES string of the molecule is CCc1cc(C2([S+]=O)CCCC2)c(S(C)(=O)=O)cc1C(=O)Cl. The van der Waals surface area contributed by atoms with Crippen LogP contribution in [0.15, 0.2) is 17.0 Å². The average Bonchev–Trinajstić information content (AvgIpc) is 2.94. The number of sulfone groups is 1. The van der Waals surface area contributed by atoms with Crippen LogP contribution < -0.4 is 0 Å². The molecule has 0 unspecified atom stereocenters. The highest BCUT2D eigenvalue weighted by atomic mass is 35.5. The lowest BCUT2D eigenvalue weighted by Crippen LogP contribution is -2.24. The minimum atomic E-state index is -3.56. The molecular weight excluding hydrogens is 344 g/mol. The van der Waals surface area contributed by atoms with Crippen molar-refractivity contribution in [1.82, 2.24) is 0 Å². The highest BCUT2D eigenvalue weighted by Crippen LogP contribution is 2.44. The highest BCUT2D eigenvalue weighted by molar-refractivity contribution is 7.90. The first-order chi connectivity index (χ1) is 10.2. The van der Waals surface area contributed by atoms with Crippen molar-refractivity contribution in [2.45, 2.75) is 48.7 Å². The molecule has 0 amide bonds. The van der Waals surface area contributed by atoms with Gasteiger partial charge in [-0.25, -0.2) is 8.42 Å². The van der Waals surface area contributed by atoms with Crippen molar-refractivity contribution < 1.29 is 17.4 Å². The van der Waals surface area contributed by atoms with Gasteiger partial charge in [0.25, 0.3) is 9.99 Å². The van der Waals surface area contributed by atoms with Gasteiger partial charge in [0, 0.05) is 34.4 Å². The maximum absolute atomic E-state index is 12.2. The number of aryl methyl sites for hydroxylation is 1. The van der Waals surface area contributed by atoms with Gasteiger partial charge in [0.1, 0.15) is 0 Å². The summed E-state index contributed by atoms with van der Waals surface area (Å²) in [6.07, 6.45) is 4.75. The maximum Gasteiger partial charge on any atom is 0.470 e. The Balaban J connectivity index is 2.82. The van der Waals surface area contributed by atoms with E-state index in [9.17, 15) is 17.4 Å². The van der Waals surface area contributed by atoms with E-state index in [0.29, 0.717) is 42.1 Å². The quantitative estimate of drug-likeness (QED) is 0.596. The van der Waals surface area contributed by atoms with Crippen molar-refractivity contribution in [2.75, 3.05) is 6.26 Å². The number of carbonyl (C=O) groups excluding carboxylic acids is 1. The number of benzene rings is 1. The number of hydrogen-bond acceptors (Lipinski definition) is 4. The van der Waals surface area contributed by atoms with E-state index in [1.165, 1.54) is 6.07 Å². The zero-order valence-corrected chi connectivity index (χ0v) is 14.9. The zero-order chi connectivity index (χ0) is 16.5. The number of halogens is 1. The molecule has 0 aromatic heterocycles. The first-order valence-electron chi connectivity index (χ1n) is 7.13. The van der Waals surface area contributed by atoms with Gasteiger partial charge < -0.3 is 0 Å². The lowest BCUT2D eigenvalue weighted by molar-refractivity contribution is 0.108. The molecule has 1 aliphatic rings. The van der Waals surface area contributed by atoms with Gasteiger partial charge in [-0.3, -0.25) is 4.79 Å². The van der Waals surface area contributed by atoms with Crippen molar-refractivity contribution >= 4 is 38.3 Å². The van der Waals surface area contributed by atoms with Crippen molar-refractivity contribution in [3.63, 3.8) is 0 Å². The highest BCUT2D eigenvalue weighted by Gasteiger charge is 2.51. The van der Waals surface area contributed by atoms with Gasteiger partial charge in [-0.15, -0.1) is 0 Å². The Morgan fingerprint density at radius 3 is 2.32 bits per heavy atom. The van der Waals surface area contributed by atoms with Crippen LogP contribution in [0.1, 0.15) is 54.1 Å². The Labute approximate surface area is 139 Å². The Kier molecular flexibility index (Phi) is 5.04. The van der Waals surface area contributed by atoms with Crippen LogP contribution in [0.25, 0.3) is 0 Å². The Morgan fingerprint density at radius 2 is 1.91 bits per heavy atom. The van der Waals surface area contributed by atoms with Gasteiger partial charge in [0.05, 0.1) is 4.90 Å². The predicted octanol–water partition coefficient (Wildman–Crippen LogP) is 3.23. The molecule has 1 aliphatic carbocycles. The monoisotopic (exact) mass is 361 g/mol. The number of hydrogen-bond donors (Lipinski definition) is 0. The van der Waals surface area contributed by atoms with Crippen LogP contribution >= 0.6 is 11.6 Å². The second-order valence-electron chi connectivity index (χ2n) is 5.69. The molecule has 120 valence electrons. The molecule has 1 saturated carbocycles. The van der Waals surface area contributed by atoms with Gasteiger partial charge >= 0.3 is 11.7 Å². The van der Waals surface area contributed by atoms with Crippen LogP contribution in [0, 0.1) is 0 Å². The van der Waals surface area contributed by atoms with Crippen LogP contribution in [-0.4, -0.2) is 19.9 Å². The van der Waals surface area contributed by atoms with Crippen LogP contribution in [0.5, 0.6) is 0 Å².